The normalized spacial score (nSPS) is 14.4. The lowest BCUT2D eigenvalue weighted by Crippen LogP contribution is -2.42. The number of ether oxygens (including phenoxy) is 2. The van der Waals surface area contributed by atoms with Crippen LogP contribution in [0.5, 0.6) is 5.88 Å². The molecule has 2 aromatic heterocycles. The smallest absolute Gasteiger partial charge is 0.410 e. The molecule has 1 aliphatic heterocycles. The van der Waals surface area contributed by atoms with Gasteiger partial charge in [0.25, 0.3) is 0 Å². The quantitative estimate of drug-likeness (QED) is 0.647. The van der Waals surface area contributed by atoms with E-state index in [1.54, 1.807) is 11.0 Å². The summed E-state index contributed by atoms with van der Waals surface area (Å²) in [6, 6.07) is 5.71. The van der Waals surface area contributed by atoms with Gasteiger partial charge in [0, 0.05) is 38.5 Å². The lowest BCUT2D eigenvalue weighted by atomic mass is 10.1. The Morgan fingerprint density at radius 3 is 2.68 bits per heavy atom. The van der Waals surface area contributed by atoms with Gasteiger partial charge >= 0.3 is 6.09 Å². The molecule has 0 spiro atoms. The molecule has 0 aromatic carbocycles. The van der Waals surface area contributed by atoms with E-state index in [1.807, 2.05) is 32.9 Å². The number of piperidine rings is 1. The van der Waals surface area contributed by atoms with Gasteiger partial charge in [-0.3, -0.25) is 0 Å². The van der Waals surface area contributed by atoms with Gasteiger partial charge in [-0.25, -0.2) is 19.7 Å². The van der Waals surface area contributed by atoms with Crippen molar-refractivity contribution in [3.63, 3.8) is 0 Å². The fourth-order valence-corrected chi connectivity index (χ4v) is 3.26. The molecule has 1 aliphatic rings. The first-order valence-electron chi connectivity index (χ1n) is 10.9. The third-order valence-electron chi connectivity index (χ3n) is 4.87. The van der Waals surface area contributed by atoms with Crippen LogP contribution in [0.15, 0.2) is 24.5 Å². The minimum atomic E-state index is -0.262. The average molecular weight is 429 g/mol. The molecule has 9 heteroatoms. The molecule has 1 fully saturated rings. The van der Waals surface area contributed by atoms with Crippen LogP contribution in [-0.4, -0.2) is 57.8 Å². The van der Waals surface area contributed by atoms with Crippen LogP contribution in [0, 0.1) is 6.92 Å². The summed E-state index contributed by atoms with van der Waals surface area (Å²) in [5.41, 5.74) is 1.76. The molecule has 1 amide bonds. The SMILES string of the molecule is CCCNc1ccc(Nc2cc(OC3CCN(C(=O)OC(C)C)CC3)ncn2)c(C)n1. The maximum absolute atomic E-state index is 12.0. The van der Waals surface area contributed by atoms with Crippen molar-refractivity contribution in [3.05, 3.63) is 30.2 Å². The molecule has 3 rings (SSSR count). The van der Waals surface area contributed by atoms with Crippen molar-refractivity contribution in [2.24, 2.45) is 0 Å². The molecule has 0 aliphatic carbocycles. The zero-order valence-electron chi connectivity index (χ0n) is 18.7. The summed E-state index contributed by atoms with van der Waals surface area (Å²) in [6.07, 6.45) is 3.61. The lowest BCUT2D eigenvalue weighted by molar-refractivity contribution is 0.0507. The highest BCUT2D eigenvalue weighted by Crippen LogP contribution is 2.23. The van der Waals surface area contributed by atoms with Crippen molar-refractivity contribution < 1.29 is 14.3 Å². The largest absolute Gasteiger partial charge is 0.474 e. The van der Waals surface area contributed by atoms with Gasteiger partial charge in [0.2, 0.25) is 5.88 Å². The summed E-state index contributed by atoms with van der Waals surface area (Å²) in [4.78, 5) is 26.8. The van der Waals surface area contributed by atoms with E-state index in [4.69, 9.17) is 9.47 Å². The van der Waals surface area contributed by atoms with Crippen LogP contribution in [-0.2, 0) is 4.74 Å². The van der Waals surface area contributed by atoms with Gasteiger partial charge in [0.15, 0.2) is 0 Å². The number of nitrogens with zero attached hydrogens (tertiary/aromatic N) is 4. The standard InChI is InChI=1S/C22H32N6O3/c1-5-10-23-19-7-6-18(16(4)26-19)27-20-13-21(25-14-24-20)31-17-8-11-28(12-9-17)22(29)30-15(2)3/h6-7,13-15,17H,5,8-12H2,1-4H3,(H,23,26)(H,24,25,27). The number of nitrogens with one attached hydrogen (secondary N) is 2. The van der Waals surface area contributed by atoms with Crippen LogP contribution in [0.1, 0.15) is 45.7 Å². The molecule has 2 N–H and O–H groups in total. The van der Waals surface area contributed by atoms with Crippen LogP contribution in [0.25, 0.3) is 0 Å². The van der Waals surface area contributed by atoms with E-state index in [2.05, 4.69) is 32.5 Å². The lowest BCUT2D eigenvalue weighted by Gasteiger charge is -2.31. The van der Waals surface area contributed by atoms with Gasteiger partial charge in [0.05, 0.1) is 17.5 Å². The van der Waals surface area contributed by atoms with E-state index in [-0.39, 0.29) is 18.3 Å². The Morgan fingerprint density at radius 1 is 1.23 bits per heavy atom. The first-order valence-corrected chi connectivity index (χ1v) is 10.9. The molecular weight excluding hydrogens is 396 g/mol. The van der Waals surface area contributed by atoms with Gasteiger partial charge in [-0.05, 0) is 39.3 Å². The van der Waals surface area contributed by atoms with Crippen LogP contribution in [0.3, 0.4) is 0 Å². The van der Waals surface area contributed by atoms with Gasteiger partial charge in [0.1, 0.15) is 24.1 Å². The number of pyridine rings is 1. The van der Waals surface area contributed by atoms with E-state index < -0.39 is 0 Å². The second-order valence-corrected chi connectivity index (χ2v) is 7.86. The molecule has 0 atom stereocenters. The Bertz CT molecular complexity index is 868. The van der Waals surface area contributed by atoms with E-state index in [1.165, 1.54) is 6.33 Å². The van der Waals surface area contributed by atoms with Gasteiger partial charge < -0.3 is 25.0 Å². The monoisotopic (exact) mass is 428 g/mol. The topological polar surface area (TPSA) is 102 Å². The number of aryl methyl sites for hydroxylation is 1. The van der Waals surface area contributed by atoms with Crippen molar-refractivity contribution in [1.29, 1.82) is 0 Å². The minimum absolute atomic E-state index is 0.00169. The number of carbonyl (C=O) groups is 1. The summed E-state index contributed by atoms with van der Waals surface area (Å²) in [5, 5.41) is 6.57. The molecule has 0 unspecified atom stereocenters. The minimum Gasteiger partial charge on any atom is -0.474 e. The molecule has 2 aromatic rings. The fraction of sp³-hybridized carbons (Fsp3) is 0.545. The predicted octanol–water partition coefficient (Wildman–Crippen LogP) is 4.13. The molecule has 1 saturated heterocycles. The number of aromatic nitrogens is 3. The number of likely N-dealkylation sites (tertiary alicyclic amines) is 1. The van der Waals surface area contributed by atoms with Gasteiger partial charge in [-0.1, -0.05) is 6.92 Å². The zero-order valence-corrected chi connectivity index (χ0v) is 18.7. The van der Waals surface area contributed by atoms with E-state index in [9.17, 15) is 4.79 Å². The highest BCUT2D eigenvalue weighted by molar-refractivity contribution is 5.67. The third-order valence-corrected chi connectivity index (χ3v) is 4.87. The van der Waals surface area contributed by atoms with Crippen LogP contribution >= 0.6 is 0 Å². The summed E-state index contributed by atoms with van der Waals surface area (Å²) < 4.78 is 11.3. The van der Waals surface area contributed by atoms with Crippen molar-refractivity contribution in [2.45, 2.75) is 59.2 Å². The van der Waals surface area contributed by atoms with Crippen LogP contribution in [0.4, 0.5) is 22.1 Å². The number of carbonyl (C=O) groups excluding carboxylic acids is 1. The second-order valence-electron chi connectivity index (χ2n) is 7.86. The third kappa shape index (κ3) is 6.70. The molecule has 0 bridgehead atoms. The Kier molecular flexibility index (Phi) is 7.86. The molecule has 31 heavy (non-hydrogen) atoms. The van der Waals surface area contributed by atoms with Crippen molar-refractivity contribution in [2.75, 3.05) is 30.3 Å². The Labute approximate surface area is 183 Å². The Hall–Kier alpha value is -3.10. The molecule has 9 nitrogen and oxygen atoms in total. The molecule has 0 radical (unpaired) electrons. The highest BCUT2D eigenvalue weighted by atomic mass is 16.6. The number of hydrogen-bond acceptors (Lipinski definition) is 8. The van der Waals surface area contributed by atoms with Gasteiger partial charge in [-0.15, -0.1) is 0 Å². The number of anilines is 3. The predicted molar refractivity (Wildman–Crippen MR) is 120 cm³/mol. The average Bonchev–Trinajstić information content (AvgIpc) is 2.74. The van der Waals surface area contributed by atoms with E-state index in [0.717, 1.165) is 43.0 Å². The van der Waals surface area contributed by atoms with Crippen molar-refractivity contribution in [1.82, 2.24) is 19.9 Å². The number of amides is 1. The number of hydrogen-bond donors (Lipinski definition) is 2. The number of rotatable bonds is 8. The maximum Gasteiger partial charge on any atom is 0.410 e. The van der Waals surface area contributed by atoms with Crippen LogP contribution < -0.4 is 15.4 Å². The maximum atomic E-state index is 12.0. The summed E-state index contributed by atoms with van der Waals surface area (Å²) >= 11 is 0. The van der Waals surface area contributed by atoms with E-state index >= 15 is 0 Å². The molecule has 3 heterocycles. The highest BCUT2D eigenvalue weighted by Gasteiger charge is 2.25. The summed E-state index contributed by atoms with van der Waals surface area (Å²) in [6.45, 7) is 9.88. The molecule has 0 saturated carbocycles. The molecular formula is C22H32N6O3. The summed E-state index contributed by atoms with van der Waals surface area (Å²) in [5.74, 6) is 2.01. The van der Waals surface area contributed by atoms with Crippen molar-refractivity contribution >= 4 is 23.4 Å². The Morgan fingerprint density at radius 2 is 2.00 bits per heavy atom. The molecule has 168 valence electrons. The Balaban J connectivity index is 1.55. The van der Waals surface area contributed by atoms with E-state index in [0.29, 0.717) is 24.8 Å². The zero-order chi connectivity index (χ0) is 22.2. The van der Waals surface area contributed by atoms with Gasteiger partial charge in [-0.2, -0.15) is 0 Å². The first kappa shape index (κ1) is 22.6. The fourth-order valence-electron chi connectivity index (χ4n) is 3.26. The van der Waals surface area contributed by atoms with Crippen molar-refractivity contribution in [3.8, 4) is 5.88 Å². The first-order chi connectivity index (χ1) is 14.9. The van der Waals surface area contributed by atoms with Crippen LogP contribution in [0.2, 0.25) is 0 Å². The second kappa shape index (κ2) is 10.8. The summed E-state index contributed by atoms with van der Waals surface area (Å²) in [7, 11) is 0.